The summed E-state index contributed by atoms with van der Waals surface area (Å²) in [6.45, 7) is 3.07. The molecule has 0 saturated heterocycles. The van der Waals surface area contributed by atoms with E-state index in [1.54, 1.807) is 42.5 Å². The number of halogens is 1. The molecule has 0 aromatic heterocycles. The van der Waals surface area contributed by atoms with Gasteiger partial charge in [0.15, 0.2) is 11.8 Å². The second-order valence-corrected chi connectivity index (χ2v) is 7.82. The highest BCUT2D eigenvalue weighted by Crippen LogP contribution is 2.28. The van der Waals surface area contributed by atoms with Gasteiger partial charge in [0, 0.05) is 17.6 Å². The number of hydrogen-bond donors (Lipinski definition) is 2. The van der Waals surface area contributed by atoms with Crippen molar-refractivity contribution in [3.05, 3.63) is 63.5 Å². The Kier molecular flexibility index (Phi) is 6.91. The number of carbonyl (C=O) groups is 3. The highest BCUT2D eigenvalue weighted by atomic mass is 35.5. The zero-order valence-electron chi connectivity index (χ0n) is 16.2. The van der Waals surface area contributed by atoms with Crippen LogP contribution in [0.25, 0.3) is 6.08 Å². The number of nitrogens with one attached hydrogen (secondary N) is 2. The van der Waals surface area contributed by atoms with Crippen LogP contribution in [0.3, 0.4) is 0 Å². The van der Waals surface area contributed by atoms with E-state index in [0.717, 1.165) is 22.9 Å². The van der Waals surface area contributed by atoms with Crippen LogP contribution in [0.4, 0.5) is 5.69 Å². The van der Waals surface area contributed by atoms with Gasteiger partial charge < -0.3 is 15.4 Å². The average Bonchev–Trinajstić information content (AvgIpc) is 3.02. The summed E-state index contributed by atoms with van der Waals surface area (Å²) in [5.74, 6) is -0.491. The van der Waals surface area contributed by atoms with Gasteiger partial charge >= 0.3 is 0 Å². The molecule has 0 fully saturated rings. The average molecular weight is 444 g/mol. The number of amidine groups is 1. The summed E-state index contributed by atoms with van der Waals surface area (Å²) in [7, 11) is 0. The van der Waals surface area contributed by atoms with Crippen molar-refractivity contribution in [2.24, 2.45) is 4.99 Å². The first-order valence-corrected chi connectivity index (χ1v) is 10.1. The van der Waals surface area contributed by atoms with E-state index in [-0.39, 0.29) is 23.6 Å². The summed E-state index contributed by atoms with van der Waals surface area (Å²) in [4.78, 5) is 39.2. The normalized spacial score (nSPS) is 14.4. The molecule has 3 rings (SSSR count). The molecule has 7 nitrogen and oxygen atoms in total. The topological polar surface area (TPSA) is 96.9 Å². The number of thioether (sulfide) groups is 1. The van der Waals surface area contributed by atoms with Crippen LogP contribution in [-0.2, 0) is 14.4 Å². The maximum absolute atomic E-state index is 12.1. The summed E-state index contributed by atoms with van der Waals surface area (Å²) in [5.41, 5.74) is 2.29. The van der Waals surface area contributed by atoms with Gasteiger partial charge in [-0.2, -0.15) is 4.99 Å². The molecule has 0 bridgehead atoms. The Morgan fingerprint density at radius 3 is 2.57 bits per heavy atom. The van der Waals surface area contributed by atoms with Crippen molar-refractivity contribution in [1.29, 1.82) is 0 Å². The van der Waals surface area contributed by atoms with Crippen LogP contribution in [0.5, 0.6) is 5.75 Å². The number of benzene rings is 2. The van der Waals surface area contributed by atoms with Crippen LogP contribution < -0.4 is 15.4 Å². The van der Waals surface area contributed by atoms with Gasteiger partial charge in [0.05, 0.1) is 4.91 Å². The molecule has 0 unspecified atom stereocenters. The van der Waals surface area contributed by atoms with Crippen molar-refractivity contribution in [3.63, 3.8) is 0 Å². The van der Waals surface area contributed by atoms with Gasteiger partial charge in [-0.15, -0.1) is 0 Å². The Hall–Kier alpha value is -3.10. The van der Waals surface area contributed by atoms with Gasteiger partial charge in [0.1, 0.15) is 5.75 Å². The van der Waals surface area contributed by atoms with E-state index >= 15 is 0 Å². The number of amides is 3. The molecule has 0 saturated carbocycles. The van der Waals surface area contributed by atoms with Crippen molar-refractivity contribution in [3.8, 4) is 5.75 Å². The first-order chi connectivity index (χ1) is 14.3. The molecule has 0 radical (unpaired) electrons. The van der Waals surface area contributed by atoms with Crippen LogP contribution >= 0.6 is 23.4 Å². The van der Waals surface area contributed by atoms with E-state index in [4.69, 9.17) is 16.3 Å². The van der Waals surface area contributed by atoms with Crippen molar-refractivity contribution in [2.45, 2.75) is 13.8 Å². The Balaban J connectivity index is 1.53. The molecule has 2 aromatic rings. The molecule has 1 heterocycles. The summed E-state index contributed by atoms with van der Waals surface area (Å²) in [5, 5.41) is 6.06. The van der Waals surface area contributed by atoms with E-state index in [2.05, 4.69) is 15.6 Å². The van der Waals surface area contributed by atoms with E-state index in [9.17, 15) is 14.4 Å². The molecule has 0 spiro atoms. The minimum atomic E-state index is -0.406. The van der Waals surface area contributed by atoms with Gasteiger partial charge in [-0.25, -0.2) is 0 Å². The SMILES string of the molecule is CC(=O)NC1=NC(=O)/C(=C/c2ccc(OCC(=O)Nc3ccc(C)c(Cl)c3)cc2)S1. The first-order valence-electron chi connectivity index (χ1n) is 8.89. The number of ether oxygens (including phenoxy) is 1. The second-order valence-electron chi connectivity index (χ2n) is 6.38. The minimum absolute atomic E-state index is 0.159. The van der Waals surface area contributed by atoms with Crippen LogP contribution in [0.1, 0.15) is 18.1 Å². The molecule has 3 amide bonds. The number of hydrogen-bond acceptors (Lipinski definition) is 5. The Morgan fingerprint density at radius 2 is 1.90 bits per heavy atom. The predicted octanol–water partition coefficient (Wildman–Crippen LogP) is 3.77. The molecule has 30 heavy (non-hydrogen) atoms. The zero-order chi connectivity index (χ0) is 21.7. The van der Waals surface area contributed by atoms with E-state index in [0.29, 0.717) is 21.4 Å². The smallest absolute Gasteiger partial charge is 0.286 e. The lowest BCUT2D eigenvalue weighted by Gasteiger charge is -2.09. The van der Waals surface area contributed by atoms with E-state index < -0.39 is 5.91 Å². The first kappa shape index (κ1) is 21.6. The van der Waals surface area contributed by atoms with Gasteiger partial charge in [-0.1, -0.05) is 29.8 Å². The van der Waals surface area contributed by atoms with E-state index in [1.807, 2.05) is 13.0 Å². The molecule has 154 valence electrons. The Bertz CT molecular complexity index is 1060. The highest BCUT2D eigenvalue weighted by Gasteiger charge is 2.22. The largest absolute Gasteiger partial charge is 0.484 e. The maximum atomic E-state index is 12.1. The third-order valence-electron chi connectivity index (χ3n) is 3.91. The van der Waals surface area contributed by atoms with Gasteiger partial charge in [-0.3, -0.25) is 14.4 Å². The predicted molar refractivity (Wildman–Crippen MR) is 119 cm³/mol. The number of anilines is 1. The van der Waals surface area contributed by atoms with Crippen LogP contribution in [0.15, 0.2) is 52.4 Å². The van der Waals surface area contributed by atoms with Crippen LogP contribution in [0, 0.1) is 6.92 Å². The lowest BCUT2D eigenvalue weighted by atomic mass is 10.2. The van der Waals surface area contributed by atoms with E-state index in [1.165, 1.54) is 6.92 Å². The highest BCUT2D eigenvalue weighted by molar-refractivity contribution is 8.18. The summed E-state index contributed by atoms with van der Waals surface area (Å²) in [6.07, 6.45) is 1.67. The number of rotatable bonds is 5. The minimum Gasteiger partial charge on any atom is -0.484 e. The third kappa shape index (κ3) is 5.95. The fourth-order valence-corrected chi connectivity index (χ4v) is 3.48. The molecular weight excluding hydrogens is 426 g/mol. The fourth-order valence-electron chi connectivity index (χ4n) is 2.44. The van der Waals surface area contributed by atoms with Crippen LogP contribution in [-0.4, -0.2) is 29.5 Å². The summed E-state index contributed by atoms with van der Waals surface area (Å²) < 4.78 is 5.49. The third-order valence-corrected chi connectivity index (χ3v) is 5.21. The zero-order valence-corrected chi connectivity index (χ0v) is 17.8. The molecule has 0 atom stereocenters. The lowest BCUT2D eigenvalue weighted by Crippen LogP contribution is -2.23. The molecule has 1 aliphatic rings. The number of nitrogens with zero attached hydrogens (tertiary/aromatic N) is 1. The number of aliphatic imine (C=N–C) groups is 1. The van der Waals surface area contributed by atoms with Crippen molar-refractivity contribution < 1.29 is 19.1 Å². The summed E-state index contributed by atoms with van der Waals surface area (Å²) in [6, 6.07) is 12.2. The van der Waals surface area contributed by atoms with Crippen molar-refractivity contribution in [2.75, 3.05) is 11.9 Å². The molecule has 2 N–H and O–H groups in total. The maximum Gasteiger partial charge on any atom is 0.286 e. The number of aryl methyl sites for hydroxylation is 1. The van der Waals surface area contributed by atoms with Crippen molar-refractivity contribution >= 4 is 58.0 Å². The monoisotopic (exact) mass is 443 g/mol. The molecule has 9 heteroatoms. The van der Waals surface area contributed by atoms with Gasteiger partial charge in [0.2, 0.25) is 5.91 Å². The fraction of sp³-hybridized carbons (Fsp3) is 0.143. The van der Waals surface area contributed by atoms with Gasteiger partial charge in [0.25, 0.3) is 11.8 Å². The standard InChI is InChI=1S/C21H18ClN3O4S/c1-12-3-6-15(10-17(12)22)24-19(27)11-29-16-7-4-14(5-8-16)9-18-20(28)25-21(30-18)23-13(2)26/h3-10H,11H2,1-2H3,(H,24,27)(H,23,25,26,28)/b18-9-. The quantitative estimate of drug-likeness (QED) is 0.685. The molecule has 0 aliphatic carbocycles. The molecule has 2 aromatic carbocycles. The summed E-state index contributed by atoms with van der Waals surface area (Å²) >= 11 is 7.15. The van der Waals surface area contributed by atoms with Crippen LogP contribution in [0.2, 0.25) is 5.02 Å². The van der Waals surface area contributed by atoms with Crippen molar-refractivity contribution in [1.82, 2.24) is 5.32 Å². The molecule has 1 aliphatic heterocycles. The molecular formula is C21H18ClN3O4S. The second kappa shape index (κ2) is 9.60. The Morgan fingerprint density at radius 1 is 1.17 bits per heavy atom. The number of carbonyl (C=O) groups excluding carboxylic acids is 3. The van der Waals surface area contributed by atoms with Gasteiger partial charge in [-0.05, 0) is 60.2 Å². The lowest BCUT2D eigenvalue weighted by molar-refractivity contribution is -0.118. The Labute approximate surface area is 182 Å².